The molecule has 2 heterocycles. The van der Waals surface area contributed by atoms with Gasteiger partial charge in [0.25, 0.3) is 0 Å². The molecule has 5 heteroatoms. The molecule has 1 saturated heterocycles. The second-order valence-electron chi connectivity index (χ2n) is 6.37. The van der Waals surface area contributed by atoms with E-state index < -0.39 is 5.41 Å². The molecule has 0 bridgehead atoms. The van der Waals surface area contributed by atoms with E-state index >= 15 is 0 Å². The normalized spacial score (nSPS) is 21.3. The lowest BCUT2D eigenvalue weighted by Gasteiger charge is -2.30. The van der Waals surface area contributed by atoms with Crippen molar-refractivity contribution in [3.63, 3.8) is 0 Å². The van der Waals surface area contributed by atoms with Crippen LogP contribution in [0, 0.1) is 0 Å². The zero-order valence-corrected chi connectivity index (χ0v) is 13.2. The summed E-state index contributed by atoms with van der Waals surface area (Å²) in [5.41, 5.74) is 0.291. The summed E-state index contributed by atoms with van der Waals surface area (Å²) in [7, 11) is 0. The third kappa shape index (κ3) is 3.04. The van der Waals surface area contributed by atoms with Gasteiger partial charge in [-0.2, -0.15) is 0 Å². The standard InChI is InChI=1S/C17H23NO4/c1-17(2,16(19)18-13-4-3-7-20-11-13)12-5-6-14-15(10-12)22-9-8-21-14/h5-6,10,13H,3-4,7-9,11H2,1-2H3,(H,18,19). The second kappa shape index (κ2) is 6.16. The molecule has 120 valence electrons. The summed E-state index contributed by atoms with van der Waals surface area (Å²) in [5.74, 6) is 1.47. The average molecular weight is 305 g/mol. The lowest BCUT2D eigenvalue weighted by Crippen LogP contribution is -2.48. The molecule has 0 saturated carbocycles. The summed E-state index contributed by atoms with van der Waals surface area (Å²) < 4.78 is 16.6. The lowest BCUT2D eigenvalue weighted by atomic mass is 9.83. The maximum Gasteiger partial charge on any atom is 0.230 e. The summed E-state index contributed by atoms with van der Waals surface area (Å²) in [6, 6.07) is 5.83. The third-order valence-corrected chi connectivity index (χ3v) is 4.33. The van der Waals surface area contributed by atoms with E-state index in [1.165, 1.54) is 0 Å². The van der Waals surface area contributed by atoms with Gasteiger partial charge in [-0.3, -0.25) is 4.79 Å². The largest absolute Gasteiger partial charge is 0.486 e. The molecule has 2 aliphatic rings. The van der Waals surface area contributed by atoms with Gasteiger partial charge in [-0.1, -0.05) is 6.07 Å². The van der Waals surface area contributed by atoms with Crippen molar-refractivity contribution in [2.75, 3.05) is 26.4 Å². The number of carbonyl (C=O) groups excluding carboxylic acids is 1. The van der Waals surface area contributed by atoms with Crippen LogP contribution in [0.5, 0.6) is 11.5 Å². The molecule has 1 unspecified atom stereocenters. The van der Waals surface area contributed by atoms with E-state index in [9.17, 15) is 4.79 Å². The van der Waals surface area contributed by atoms with Gasteiger partial charge < -0.3 is 19.5 Å². The minimum atomic E-state index is -0.632. The van der Waals surface area contributed by atoms with Crippen LogP contribution in [-0.2, 0) is 14.9 Å². The van der Waals surface area contributed by atoms with E-state index in [0.717, 1.165) is 30.8 Å². The lowest BCUT2D eigenvalue weighted by molar-refractivity contribution is -0.127. The van der Waals surface area contributed by atoms with Crippen LogP contribution in [0.3, 0.4) is 0 Å². The van der Waals surface area contributed by atoms with E-state index in [1.807, 2.05) is 32.0 Å². The average Bonchev–Trinajstić information content (AvgIpc) is 2.55. The Morgan fingerprint density at radius 2 is 1.95 bits per heavy atom. The van der Waals surface area contributed by atoms with Crippen LogP contribution in [0.25, 0.3) is 0 Å². The van der Waals surface area contributed by atoms with Crippen molar-refractivity contribution in [3.05, 3.63) is 23.8 Å². The monoisotopic (exact) mass is 305 g/mol. The maximum absolute atomic E-state index is 12.7. The molecule has 0 aliphatic carbocycles. The van der Waals surface area contributed by atoms with Gasteiger partial charge >= 0.3 is 0 Å². The van der Waals surface area contributed by atoms with E-state index in [1.54, 1.807) is 0 Å². The van der Waals surface area contributed by atoms with Crippen molar-refractivity contribution < 1.29 is 19.0 Å². The zero-order chi connectivity index (χ0) is 15.6. The van der Waals surface area contributed by atoms with Crippen molar-refractivity contribution >= 4 is 5.91 Å². The summed E-state index contributed by atoms with van der Waals surface area (Å²) in [5, 5.41) is 3.10. The molecule has 0 spiro atoms. The van der Waals surface area contributed by atoms with Crippen LogP contribution in [0.2, 0.25) is 0 Å². The Bertz CT molecular complexity index is 550. The van der Waals surface area contributed by atoms with Crippen molar-refractivity contribution in [3.8, 4) is 11.5 Å². The van der Waals surface area contributed by atoms with Crippen molar-refractivity contribution in [1.29, 1.82) is 0 Å². The SMILES string of the molecule is CC(C)(C(=O)NC1CCCOC1)c1ccc2c(c1)OCCO2. The number of nitrogens with one attached hydrogen (secondary N) is 1. The molecule has 2 aliphatic heterocycles. The van der Waals surface area contributed by atoms with Crippen LogP contribution in [0.4, 0.5) is 0 Å². The molecule has 0 aromatic heterocycles. The Labute approximate surface area is 130 Å². The second-order valence-corrected chi connectivity index (χ2v) is 6.37. The number of fused-ring (bicyclic) bond motifs is 1. The van der Waals surface area contributed by atoms with E-state index in [4.69, 9.17) is 14.2 Å². The molecule has 1 aromatic rings. The first-order valence-corrected chi connectivity index (χ1v) is 7.86. The van der Waals surface area contributed by atoms with Gasteiger partial charge in [-0.15, -0.1) is 0 Å². The van der Waals surface area contributed by atoms with Crippen LogP contribution in [0.15, 0.2) is 18.2 Å². The fourth-order valence-electron chi connectivity index (χ4n) is 2.78. The topological polar surface area (TPSA) is 56.8 Å². The van der Waals surface area contributed by atoms with Crippen LogP contribution in [0.1, 0.15) is 32.3 Å². The highest BCUT2D eigenvalue weighted by molar-refractivity contribution is 5.87. The number of rotatable bonds is 3. The summed E-state index contributed by atoms with van der Waals surface area (Å²) in [4.78, 5) is 12.7. The number of ether oxygens (including phenoxy) is 3. The smallest absolute Gasteiger partial charge is 0.230 e. The maximum atomic E-state index is 12.7. The summed E-state index contributed by atoms with van der Waals surface area (Å²) in [6.07, 6.45) is 1.97. The molecule has 0 radical (unpaired) electrons. The van der Waals surface area contributed by atoms with Crippen molar-refractivity contribution in [2.24, 2.45) is 0 Å². The van der Waals surface area contributed by atoms with Crippen LogP contribution < -0.4 is 14.8 Å². The van der Waals surface area contributed by atoms with Crippen LogP contribution in [-0.4, -0.2) is 38.4 Å². The van der Waals surface area contributed by atoms with Crippen molar-refractivity contribution in [2.45, 2.75) is 38.1 Å². The highest BCUT2D eigenvalue weighted by atomic mass is 16.6. The zero-order valence-electron chi connectivity index (χ0n) is 13.2. The molecule has 3 rings (SSSR count). The molecule has 1 fully saturated rings. The first kappa shape index (κ1) is 15.2. The Balaban J connectivity index is 1.74. The van der Waals surface area contributed by atoms with E-state index in [-0.39, 0.29) is 11.9 Å². The Hall–Kier alpha value is -1.75. The first-order valence-electron chi connectivity index (χ1n) is 7.86. The van der Waals surface area contributed by atoms with Crippen molar-refractivity contribution in [1.82, 2.24) is 5.32 Å². The van der Waals surface area contributed by atoms with E-state index in [2.05, 4.69) is 5.32 Å². The highest BCUT2D eigenvalue weighted by Crippen LogP contribution is 2.35. The number of benzene rings is 1. The number of amides is 1. The van der Waals surface area contributed by atoms with Gasteiger partial charge in [0.05, 0.1) is 18.1 Å². The molecule has 1 aromatic carbocycles. The predicted molar refractivity (Wildman–Crippen MR) is 82.4 cm³/mol. The Morgan fingerprint density at radius 1 is 1.18 bits per heavy atom. The first-order chi connectivity index (χ1) is 10.6. The van der Waals surface area contributed by atoms with Gasteiger partial charge in [-0.05, 0) is 44.4 Å². The number of hydrogen-bond acceptors (Lipinski definition) is 4. The minimum Gasteiger partial charge on any atom is -0.486 e. The van der Waals surface area contributed by atoms with Crippen LogP contribution >= 0.6 is 0 Å². The molecular weight excluding hydrogens is 282 g/mol. The predicted octanol–water partition coefficient (Wildman–Crippen LogP) is 2.03. The quantitative estimate of drug-likeness (QED) is 0.928. The summed E-state index contributed by atoms with van der Waals surface area (Å²) >= 11 is 0. The van der Waals surface area contributed by atoms with Gasteiger partial charge in [0.2, 0.25) is 5.91 Å². The minimum absolute atomic E-state index is 0.0136. The fraction of sp³-hybridized carbons (Fsp3) is 0.588. The fourth-order valence-corrected chi connectivity index (χ4v) is 2.78. The molecule has 1 atom stereocenters. The molecule has 22 heavy (non-hydrogen) atoms. The highest BCUT2D eigenvalue weighted by Gasteiger charge is 2.32. The number of carbonyl (C=O) groups is 1. The third-order valence-electron chi connectivity index (χ3n) is 4.33. The van der Waals surface area contributed by atoms with Gasteiger partial charge in [0.1, 0.15) is 13.2 Å². The van der Waals surface area contributed by atoms with Gasteiger partial charge in [0.15, 0.2) is 11.5 Å². The molecular formula is C17H23NO4. The molecule has 1 N–H and O–H groups in total. The molecule has 5 nitrogen and oxygen atoms in total. The Morgan fingerprint density at radius 3 is 2.68 bits per heavy atom. The number of hydrogen-bond donors (Lipinski definition) is 1. The molecule has 1 amide bonds. The van der Waals surface area contributed by atoms with Gasteiger partial charge in [0, 0.05) is 6.61 Å². The Kier molecular flexibility index (Phi) is 4.25. The van der Waals surface area contributed by atoms with Gasteiger partial charge in [-0.25, -0.2) is 0 Å². The van der Waals surface area contributed by atoms with E-state index in [0.29, 0.717) is 25.6 Å². The summed E-state index contributed by atoms with van der Waals surface area (Å²) in [6.45, 7) is 6.36.